The molecule has 22 heavy (non-hydrogen) atoms. The summed E-state index contributed by atoms with van der Waals surface area (Å²) in [6.07, 6.45) is 4.22. The highest BCUT2D eigenvalue weighted by Crippen LogP contribution is 2.17. The van der Waals surface area contributed by atoms with E-state index in [9.17, 15) is 9.59 Å². The fourth-order valence-electron chi connectivity index (χ4n) is 2.58. The summed E-state index contributed by atoms with van der Waals surface area (Å²) in [6, 6.07) is 8.12. The van der Waals surface area contributed by atoms with Crippen LogP contribution in [-0.2, 0) is 11.2 Å². The van der Waals surface area contributed by atoms with E-state index in [1.54, 1.807) is 16.7 Å². The van der Waals surface area contributed by atoms with E-state index in [0.29, 0.717) is 26.1 Å². The van der Waals surface area contributed by atoms with Gasteiger partial charge < -0.3 is 15.3 Å². The Balaban J connectivity index is 1.76. The zero-order chi connectivity index (χ0) is 15.9. The molecule has 1 atom stereocenters. The van der Waals surface area contributed by atoms with Gasteiger partial charge in [-0.2, -0.15) is 0 Å². The van der Waals surface area contributed by atoms with Crippen molar-refractivity contribution in [2.75, 3.05) is 25.9 Å². The molecule has 0 spiro atoms. The Labute approximate surface area is 135 Å². The van der Waals surface area contributed by atoms with Gasteiger partial charge in [0.2, 0.25) is 0 Å². The number of carbonyl (C=O) groups is 2. The van der Waals surface area contributed by atoms with E-state index in [2.05, 4.69) is 29.6 Å². The summed E-state index contributed by atoms with van der Waals surface area (Å²) >= 11 is 1.70. The molecule has 6 heteroatoms. The summed E-state index contributed by atoms with van der Waals surface area (Å²) in [5.41, 5.74) is 1.18. The molecule has 2 N–H and O–H groups in total. The molecule has 0 saturated carbocycles. The molecule has 2 rings (SSSR count). The zero-order valence-corrected chi connectivity index (χ0v) is 13.6. The monoisotopic (exact) mass is 322 g/mol. The number of nitrogens with zero attached hydrogens (tertiary/aromatic N) is 1. The molecule has 1 unspecified atom stereocenters. The van der Waals surface area contributed by atoms with Gasteiger partial charge in [-0.05, 0) is 43.2 Å². The van der Waals surface area contributed by atoms with Crippen molar-refractivity contribution < 1.29 is 14.7 Å². The molecule has 1 aliphatic heterocycles. The van der Waals surface area contributed by atoms with Crippen molar-refractivity contribution in [3.8, 4) is 0 Å². The lowest BCUT2D eigenvalue weighted by atomic mass is 9.99. The van der Waals surface area contributed by atoms with Crippen molar-refractivity contribution >= 4 is 23.8 Å². The number of nitrogens with one attached hydrogen (secondary N) is 1. The molecular formula is C16H22N2O3S. The normalized spacial score (nSPS) is 18.0. The minimum Gasteiger partial charge on any atom is -0.481 e. The lowest BCUT2D eigenvalue weighted by Crippen LogP contribution is -2.47. The molecule has 1 aliphatic rings. The van der Waals surface area contributed by atoms with Crippen LogP contribution in [0.25, 0.3) is 0 Å². The minimum atomic E-state index is -0.814. The van der Waals surface area contributed by atoms with Crippen LogP contribution in [-0.4, -0.2) is 47.9 Å². The number of piperidine rings is 1. The molecule has 1 saturated heterocycles. The van der Waals surface area contributed by atoms with Gasteiger partial charge in [0.25, 0.3) is 0 Å². The van der Waals surface area contributed by atoms with Gasteiger partial charge in [-0.25, -0.2) is 4.79 Å². The molecule has 120 valence electrons. The number of amides is 2. The van der Waals surface area contributed by atoms with E-state index in [-0.39, 0.29) is 6.03 Å². The molecule has 1 aromatic rings. The SMILES string of the molecule is CSc1ccc(CCNC(=O)N2CCCC(C(=O)O)C2)cc1. The lowest BCUT2D eigenvalue weighted by molar-refractivity contribution is -0.143. The Morgan fingerprint density at radius 1 is 1.36 bits per heavy atom. The predicted octanol–water partition coefficient (Wildman–Crippen LogP) is 2.46. The summed E-state index contributed by atoms with van der Waals surface area (Å²) in [4.78, 5) is 25.9. The first kappa shape index (κ1) is 16.7. The Morgan fingerprint density at radius 2 is 2.09 bits per heavy atom. The average Bonchev–Trinajstić information content (AvgIpc) is 2.55. The predicted molar refractivity (Wildman–Crippen MR) is 87.3 cm³/mol. The van der Waals surface area contributed by atoms with Crippen LogP contribution in [0.5, 0.6) is 0 Å². The fourth-order valence-corrected chi connectivity index (χ4v) is 2.99. The standard InChI is InChI=1S/C16H22N2O3S/c1-22-14-6-4-12(5-7-14)8-9-17-16(21)18-10-2-3-13(11-18)15(19)20/h4-7,13H,2-3,8-11H2,1H3,(H,17,21)(H,19,20). The summed E-state index contributed by atoms with van der Waals surface area (Å²) in [5, 5.41) is 11.9. The maximum Gasteiger partial charge on any atom is 0.317 e. The fraction of sp³-hybridized carbons (Fsp3) is 0.500. The largest absolute Gasteiger partial charge is 0.481 e. The molecule has 5 nitrogen and oxygen atoms in total. The van der Waals surface area contributed by atoms with E-state index in [1.807, 2.05) is 6.26 Å². The van der Waals surface area contributed by atoms with Gasteiger partial charge in [0.05, 0.1) is 5.92 Å². The Kier molecular flexibility index (Phi) is 6.12. The van der Waals surface area contributed by atoms with Crippen molar-refractivity contribution in [2.45, 2.75) is 24.2 Å². The maximum atomic E-state index is 12.1. The van der Waals surface area contributed by atoms with Crippen molar-refractivity contribution in [1.29, 1.82) is 0 Å². The number of benzene rings is 1. The summed E-state index contributed by atoms with van der Waals surface area (Å²) < 4.78 is 0. The van der Waals surface area contributed by atoms with E-state index in [0.717, 1.165) is 12.8 Å². The summed E-state index contributed by atoms with van der Waals surface area (Å²) in [5.74, 6) is -1.25. The van der Waals surface area contributed by atoms with Crippen LogP contribution in [0.1, 0.15) is 18.4 Å². The third-order valence-corrected chi connectivity index (χ3v) is 4.65. The highest BCUT2D eigenvalue weighted by atomic mass is 32.2. The third-order valence-electron chi connectivity index (χ3n) is 3.91. The lowest BCUT2D eigenvalue weighted by Gasteiger charge is -2.30. The molecule has 0 bridgehead atoms. The van der Waals surface area contributed by atoms with Crippen LogP contribution in [0.3, 0.4) is 0 Å². The second-order valence-corrected chi connectivity index (χ2v) is 6.33. The Morgan fingerprint density at radius 3 is 2.73 bits per heavy atom. The van der Waals surface area contributed by atoms with Crippen molar-refractivity contribution in [2.24, 2.45) is 5.92 Å². The maximum absolute atomic E-state index is 12.1. The number of carbonyl (C=O) groups excluding carboxylic acids is 1. The molecular weight excluding hydrogens is 300 g/mol. The van der Waals surface area contributed by atoms with E-state index in [1.165, 1.54) is 10.5 Å². The molecule has 0 radical (unpaired) electrons. The number of carboxylic acid groups (broad SMARTS) is 1. The van der Waals surface area contributed by atoms with Gasteiger partial charge in [-0.1, -0.05) is 12.1 Å². The minimum absolute atomic E-state index is 0.160. The van der Waals surface area contributed by atoms with Crippen LogP contribution in [0.4, 0.5) is 4.79 Å². The molecule has 1 fully saturated rings. The Hall–Kier alpha value is -1.69. The van der Waals surface area contributed by atoms with E-state index >= 15 is 0 Å². The summed E-state index contributed by atoms with van der Waals surface area (Å²) in [7, 11) is 0. The first-order valence-electron chi connectivity index (χ1n) is 7.48. The topological polar surface area (TPSA) is 69.6 Å². The quantitative estimate of drug-likeness (QED) is 0.817. The van der Waals surface area contributed by atoms with Crippen LogP contribution >= 0.6 is 11.8 Å². The van der Waals surface area contributed by atoms with Crippen LogP contribution < -0.4 is 5.32 Å². The van der Waals surface area contributed by atoms with Gasteiger partial charge in [0.15, 0.2) is 0 Å². The van der Waals surface area contributed by atoms with Gasteiger partial charge in [0, 0.05) is 24.5 Å². The van der Waals surface area contributed by atoms with Crippen molar-refractivity contribution in [3.05, 3.63) is 29.8 Å². The molecule has 1 aromatic carbocycles. The third kappa shape index (κ3) is 4.66. The number of likely N-dealkylation sites (tertiary alicyclic amines) is 1. The molecule has 0 aliphatic carbocycles. The zero-order valence-electron chi connectivity index (χ0n) is 12.7. The average molecular weight is 322 g/mol. The number of aliphatic carboxylic acids is 1. The second kappa shape index (κ2) is 8.08. The molecule has 1 heterocycles. The number of rotatable bonds is 5. The van der Waals surface area contributed by atoms with Gasteiger partial charge in [-0.15, -0.1) is 11.8 Å². The van der Waals surface area contributed by atoms with Crippen molar-refractivity contribution in [3.63, 3.8) is 0 Å². The van der Waals surface area contributed by atoms with Crippen molar-refractivity contribution in [1.82, 2.24) is 10.2 Å². The van der Waals surface area contributed by atoms with Gasteiger partial charge in [0.1, 0.15) is 0 Å². The van der Waals surface area contributed by atoms with Crippen LogP contribution in [0, 0.1) is 5.92 Å². The van der Waals surface area contributed by atoms with E-state index < -0.39 is 11.9 Å². The highest BCUT2D eigenvalue weighted by Gasteiger charge is 2.27. The number of thioether (sulfide) groups is 1. The van der Waals surface area contributed by atoms with Gasteiger partial charge >= 0.3 is 12.0 Å². The highest BCUT2D eigenvalue weighted by molar-refractivity contribution is 7.98. The first-order chi connectivity index (χ1) is 10.6. The van der Waals surface area contributed by atoms with Gasteiger partial charge in [-0.3, -0.25) is 4.79 Å². The summed E-state index contributed by atoms with van der Waals surface area (Å²) in [6.45, 7) is 1.51. The molecule has 2 amide bonds. The molecule has 0 aromatic heterocycles. The van der Waals surface area contributed by atoms with Crippen LogP contribution in [0.2, 0.25) is 0 Å². The van der Waals surface area contributed by atoms with E-state index in [4.69, 9.17) is 5.11 Å². The second-order valence-electron chi connectivity index (χ2n) is 5.45. The smallest absolute Gasteiger partial charge is 0.317 e. The Bertz CT molecular complexity index is 519. The first-order valence-corrected chi connectivity index (χ1v) is 8.71. The van der Waals surface area contributed by atoms with Crippen LogP contribution in [0.15, 0.2) is 29.2 Å². The number of hydrogen-bond acceptors (Lipinski definition) is 3. The number of hydrogen-bond donors (Lipinski definition) is 2. The number of carboxylic acids is 1. The number of urea groups is 1.